The number of ether oxygens (including phenoxy) is 2. The number of rotatable bonds is 7. The molecule has 1 atom stereocenters. The predicted octanol–water partition coefficient (Wildman–Crippen LogP) is 2.74. The minimum atomic E-state index is -4.03. The van der Waals surface area contributed by atoms with Gasteiger partial charge in [-0.1, -0.05) is 30.3 Å². The Balaban J connectivity index is 1.87. The fourth-order valence-corrected chi connectivity index (χ4v) is 5.23. The molecule has 8 heteroatoms. The molecule has 0 radical (unpaired) electrons. The van der Waals surface area contributed by atoms with Crippen molar-refractivity contribution in [1.29, 1.82) is 0 Å². The van der Waals surface area contributed by atoms with Gasteiger partial charge in [0.15, 0.2) is 5.54 Å². The number of carbonyl (C=O) groups excluding carboxylic acids is 1. The second-order valence-corrected chi connectivity index (χ2v) is 8.50. The highest BCUT2D eigenvalue weighted by Gasteiger charge is 2.54. The molecule has 6 nitrogen and oxygen atoms in total. The standard InChI is InChI=1S/C20H22FNO5S/c1-26-19(23)20(15-27-14-16-6-3-2-4-7-16)12-5-13-22(20)28(24,25)18-10-8-17(21)9-11-18/h2-4,6-11H,5,12-15H2,1H3/t20-/m1/s1. The summed E-state index contributed by atoms with van der Waals surface area (Å²) in [5.74, 6) is -1.20. The third kappa shape index (κ3) is 3.94. The van der Waals surface area contributed by atoms with E-state index in [2.05, 4.69) is 0 Å². The molecule has 0 saturated carbocycles. The maximum Gasteiger partial charge on any atom is 0.329 e. The van der Waals surface area contributed by atoms with Crippen LogP contribution < -0.4 is 0 Å². The highest BCUT2D eigenvalue weighted by Crippen LogP contribution is 2.36. The molecule has 0 spiro atoms. The van der Waals surface area contributed by atoms with Gasteiger partial charge in [0.2, 0.25) is 10.0 Å². The van der Waals surface area contributed by atoms with Gasteiger partial charge in [-0.3, -0.25) is 0 Å². The molecule has 1 heterocycles. The van der Waals surface area contributed by atoms with Crippen molar-refractivity contribution in [1.82, 2.24) is 4.31 Å². The molecule has 1 saturated heterocycles. The fourth-order valence-electron chi connectivity index (χ4n) is 3.45. The van der Waals surface area contributed by atoms with Crippen molar-refractivity contribution in [3.05, 3.63) is 66.0 Å². The van der Waals surface area contributed by atoms with E-state index in [0.29, 0.717) is 6.42 Å². The highest BCUT2D eigenvalue weighted by molar-refractivity contribution is 7.89. The van der Waals surface area contributed by atoms with Crippen LogP contribution in [-0.2, 0) is 30.9 Å². The number of benzene rings is 2. The quantitative estimate of drug-likeness (QED) is 0.660. The summed E-state index contributed by atoms with van der Waals surface area (Å²) in [6, 6.07) is 13.9. The zero-order valence-electron chi connectivity index (χ0n) is 15.5. The number of nitrogens with zero attached hydrogens (tertiary/aromatic N) is 1. The molecular weight excluding hydrogens is 385 g/mol. The third-order valence-corrected chi connectivity index (χ3v) is 6.83. The molecule has 1 fully saturated rings. The van der Waals surface area contributed by atoms with Gasteiger partial charge in [-0.2, -0.15) is 4.31 Å². The monoisotopic (exact) mass is 407 g/mol. The lowest BCUT2D eigenvalue weighted by Crippen LogP contribution is -2.56. The largest absolute Gasteiger partial charge is 0.468 e. The number of carbonyl (C=O) groups is 1. The molecular formula is C20H22FNO5S. The van der Waals surface area contributed by atoms with E-state index >= 15 is 0 Å². The number of esters is 1. The number of hydrogen-bond acceptors (Lipinski definition) is 5. The van der Waals surface area contributed by atoms with Gasteiger partial charge >= 0.3 is 5.97 Å². The van der Waals surface area contributed by atoms with E-state index in [1.54, 1.807) is 0 Å². The highest BCUT2D eigenvalue weighted by atomic mass is 32.2. The summed E-state index contributed by atoms with van der Waals surface area (Å²) in [7, 11) is -2.80. The molecule has 1 aliphatic rings. The van der Waals surface area contributed by atoms with Gasteiger partial charge in [0.1, 0.15) is 5.82 Å². The van der Waals surface area contributed by atoms with Gasteiger partial charge < -0.3 is 9.47 Å². The van der Waals surface area contributed by atoms with Crippen LogP contribution in [0.15, 0.2) is 59.5 Å². The normalized spacial score (nSPS) is 20.2. The lowest BCUT2D eigenvalue weighted by molar-refractivity contribution is -0.154. The van der Waals surface area contributed by atoms with Crippen molar-refractivity contribution in [2.45, 2.75) is 29.9 Å². The average Bonchev–Trinajstić information content (AvgIpc) is 3.14. The Bertz CT molecular complexity index is 917. The van der Waals surface area contributed by atoms with Gasteiger partial charge in [-0.05, 0) is 42.7 Å². The summed E-state index contributed by atoms with van der Waals surface area (Å²) in [6.45, 7) is 0.266. The molecule has 0 aliphatic carbocycles. The molecule has 3 rings (SSSR count). The summed E-state index contributed by atoms with van der Waals surface area (Å²) in [5, 5.41) is 0. The minimum Gasteiger partial charge on any atom is -0.468 e. The molecule has 0 amide bonds. The first kappa shape index (κ1) is 20.4. The van der Waals surface area contributed by atoms with E-state index in [1.165, 1.54) is 19.2 Å². The molecule has 1 aliphatic heterocycles. The van der Waals surface area contributed by atoms with Crippen LogP contribution in [0, 0.1) is 5.82 Å². The van der Waals surface area contributed by atoms with Crippen LogP contribution >= 0.6 is 0 Å². The maximum atomic E-state index is 13.2. The van der Waals surface area contributed by atoms with Gasteiger partial charge in [0, 0.05) is 6.54 Å². The lowest BCUT2D eigenvalue weighted by Gasteiger charge is -2.34. The Morgan fingerprint density at radius 1 is 1.14 bits per heavy atom. The molecule has 0 unspecified atom stereocenters. The van der Waals surface area contributed by atoms with Crippen LogP contribution in [0.5, 0.6) is 0 Å². The molecule has 0 N–H and O–H groups in total. The topological polar surface area (TPSA) is 72.9 Å². The van der Waals surface area contributed by atoms with Gasteiger partial charge in [0.05, 0.1) is 25.2 Å². The van der Waals surface area contributed by atoms with E-state index < -0.39 is 27.3 Å². The molecule has 2 aromatic carbocycles. The smallest absolute Gasteiger partial charge is 0.329 e. The Kier molecular flexibility index (Phi) is 6.12. The predicted molar refractivity (Wildman–Crippen MR) is 100 cm³/mol. The average molecular weight is 407 g/mol. The third-order valence-electron chi connectivity index (χ3n) is 4.85. The number of sulfonamides is 1. The van der Waals surface area contributed by atoms with Crippen LogP contribution in [0.3, 0.4) is 0 Å². The fraction of sp³-hybridized carbons (Fsp3) is 0.350. The van der Waals surface area contributed by atoms with E-state index in [-0.39, 0.29) is 31.1 Å². The van der Waals surface area contributed by atoms with Gasteiger partial charge in [-0.15, -0.1) is 0 Å². The van der Waals surface area contributed by atoms with E-state index in [0.717, 1.165) is 22.0 Å². The van der Waals surface area contributed by atoms with Crippen LogP contribution in [0.25, 0.3) is 0 Å². The van der Waals surface area contributed by atoms with Crippen molar-refractivity contribution in [2.75, 3.05) is 20.3 Å². The Hall–Kier alpha value is -2.29. The number of hydrogen-bond donors (Lipinski definition) is 0. The van der Waals surface area contributed by atoms with Crippen LogP contribution in [0.1, 0.15) is 18.4 Å². The Labute approximate surface area is 163 Å². The van der Waals surface area contributed by atoms with E-state index in [9.17, 15) is 17.6 Å². The van der Waals surface area contributed by atoms with Crippen LogP contribution in [0.2, 0.25) is 0 Å². The summed E-state index contributed by atoms with van der Waals surface area (Å²) < 4.78 is 51.3. The first-order valence-electron chi connectivity index (χ1n) is 8.89. The Morgan fingerprint density at radius 2 is 1.82 bits per heavy atom. The number of halogens is 1. The van der Waals surface area contributed by atoms with E-state index in [1.807, 2.05) is 30.3 Å². The van der Waals surface area contributed by atoms with Crippen molar-refractivity contribution in [3.63, 3.8) is 0 Å². The zero-order valence-corrected chi connectivity index (χ0v) is 16.3. The summed E-state index contributed by atoms with van der Waals surface area (Å²) in [4.78, 5) is 12.6. The summed E-state index contributed by atoms with van der Waals surface area (Å²) >= 11 is 0. The summed E-state index contributed by atoms with van der Waals surface area (Å²) in [6.07, 6.45) is 0.777. The summed E-state index contributed by atoms with van der Waals surface area (Å²) in [5.41, 5.74) is -0.537. The molecule has 2 aromatic rings. The lowest BCUT2D eigenvalue weighted by atomic mass is 9.99. The van der Waals surface area contributed by atoms with Crippen molar-refractivity contribution < 1.29 is 27.1 Å². The van der Waals surface area contributed by atoms with Crippen LogP contribution in [0.4, 0.5) is 4.39 Å². The molecule has 0 aromatic heterocycles. The van der Waals surface area contributed by atoms with Crippen molar-refractivity contribution in [2.24, 2.45) is 0 Å². The van der Waals surface area contributed by atoms with Gasteiger partial charge in [0.25, 0.3) is 0 Å². The second kappa shape index (κ2) is 8.38. The zero-order chi connectivity index (χ0) is 20.2. The van der Waals surface area contributed by atoms with Crippen molar-refractivity contribution >= 4 is 16.0 Å². The van der Waals surface area contributed by atoms with Crippen molar-refractivity contribution in [3.8, 4) is 0 Å². The first-order chi connectivity index (χ1) is 13.4. The van der Waals surface area contributed by atoms with Gasteiger partial charge in [-0.25, -0.2) is 17.6 Å². The van der Waals surface area contributed by atoms with Crippen LogP contribution in [-0.4, -0.2) is 44.5 Å². The second-order valence-electron chi connectivity index (χ2n) is 6.64. The minimum absolute atomic E-state index is 0.0767. The van der Waals surface area contributed by atoms with E-state index in [4.69, 9.17) is 9.47 Å². The molecule has 0 bridgehead atoms. The molecule has 28 heavy (non-hydrogen) atoms. The Morgan fingerprint density at radius 3 is 2.46 bits per heavy atom. The molecule has 150 valence electrons. The first-order valence-corrected chi connectivity index (χ1v) is 10.3. The SMILES string of the molecule is COC(=O)[C@]1(COCc2ccccc2)CCCN1S(=O)(=O)c1ccc(F)cc1. The number of methoxy groups -OCH3 is 1. The maximum absolute atomic E-state index is 13.2.